The fourth-order valence-electron chi connectivity index (χ4n) is 4.45. The number of rotatable bonds is 6. The van der Waals surface area contributed by atoms with Gasteiger partial charge in [-0.05, 0) is 16.7 Å². The molecular formula is C24H33IN4O2. The summed E-state index contributed by atoms with van der Waals surface area (Å²) in [5, 5.41) is 3.53. The van der Waals surface area contributed by atoms with Gasteiger partial charge in [-0.3, -0.25) is 9.89 Å². The Morgan fingerprint density at radius 2 is 1.87 bits per heavy atom. The summed E-state index contributed by atoms with van der Waals surface area (Å²) in [5.41, 5.74) is 3.77. The second-order valence-electron chi connectivity index (χ2n) is 7.99. The molecule has 2 aromatic rings. The molecule has 2 aliphatic heterocycles. The monoisotopic (exact) mass is 536 g/mol. The zero-order valence-corrected chi connectivity index (χ0v) is 20.7. The molecular weight excluding hydrogens is 503 g/mol. The van der Waals surface area contributed by atoms with Gasteiger partial charge in [-0.1, -0.05) is 54.6 Å². The van der Waals surface area contributed by atoms with Gasteiger partial charge in [0.15, 0.2) is 5.96 Å². The zero-order chi connectivity index (χ0) is 20.8. The number of nitrogens with one attached hydrogen (secondary N) is 1. The molecule has 2 saturated heterocycles. The molecule has 0 spiro atoms. The van der Waals surface area contributed by atoms with Gasteiger partial charge in [-0.15, -0.1) is 24.0 Å². The number of halogens is 1. The van der Waals surface area contributed by atoms with Crippen LogP contribution in [0.15, 0.2) is 59.6 Å². The number of benzene rings is 2. The standard InChI is InChI=1S/C24H32N4O2.HI/c1-25-24(26-14-20-9-6-10-21(13-20)18-29-2)28-16-22-23(17-28)30-12-11-27(22)15-19-7-4-3-5-8-19;/h3-10,13,22-23H,11-12,14-18H2,1-2H3,(H,25,26);1H. The molecule has 0 bridgehead atoms. The van der Waals surface area contributed by atoms with E-state index in [-0.39, 0.29) is 30.1 Å². The normalized spacial score (nSPS) is 21.5. The third-order valence-corrected chi connectivity index (χ3v) is 5.91. The molecule has 2 aliphatic rings. The molecule has 6 nitrogen and oxygen atoms in total. The highest BCUT2D eigenvalue weighted by Gasteiger charge is 2.41. The van der Waals surface area contributed by atoms with Crippen molar-refractivity contribution in [2.24, 2.45) is 4.99 Å². The lowest BCUT2D eigenvalue weighted by Gasteiger charge is -2.36. The highest BCUT2D eigenvalue weighted by atomic mass is 127. The summed E-state index contributed by atoms with van der Waals surface area (Å²) in [4.78, 5) is 9.44. The van der Waals surface area contributed by atoms with Crippen LogP contribution in [0.2, 0.25) is 0 Å². The molecule has 168 valence electrons. The summed E-state index contributed by atoms with van der Waals surface area (Å²) in [6.07, 6.45) is 0.228. The third-order valence-electron chi connectivity index (χ3n) is 5.91. The molecule has 1 N–H and O–H groups in total. The van der Waals surface area contributed by atoms with Crippen LogP contribution in [0.4, 0.5) is 0 Å². The number of aliphatic imine (C=N–C) groups is 1. The molecule has 0 aromatic heterocycles. The van der Waals surface area contributed by atoms with Crippen molar-refractivity contribution in [1.29, 1.82) is 0 Å². The first kappa shape index (κ1) is 24.0. The first-order chi connectivity index (χ1) is 14.8. The Morgan fingerprint density at radius 3 is 2.65 bits per heavy atom. The average Bonchev–Trinajstić information content (AvgIpc) is 3.21. The van der Waals surface area contributed by atoms with Crippen molar-refractivity contribution in [3.8, 4) is 0 Å². The Kier molecular flexibility index (Phi) is 9.13. The SMILES string of the molecule is CN=C(NCc1cccc(COC)c1)N1CC2OCCN(Cc3ccccc3)C2C1.I. The number of guanidine groups is 1. The summed E-state index contributed by atoms with van der Waals surface area (Å²) < 4.78 is 11.4. The van der Waals surface area contributed by atoms with Crippen LogP contribution in [0.5, 0.6) is 0 Å². The zero-order valence-electron chi connectivity index (χ0n) is 18.4. The number of hydrogen-bond donors (Lipinski definition) is 1. The number of hydrogen-bond acceptors (Lipinski definition) is 4. The van der Waals surface area contributed by atoms with Crippen molar-refractivity contribution in [3.05, 3.63) is 71.3 Å². The average molecular weight is 536 g/mol. The van der Waals surface area contributed by atoms with E-state index in [1.54, 1.807) is 7.11 Å². The quantitative estimate of drug-likeness (QED) is 0.350. The van der Waals surface area contributed by atoms with Gasteiger partial charge in [0.25, 0.3) is 0 Å². The Morgan fingerprint density at radius 1 is 1.10 bits per heavy atom. The molecule has 0 saturated carbocycles. The number of nitrogens with zero attached hydrogens (tertiary/aromatic N) is 3. The van der Waals surface area contributed by atoms with Crippen LogP contribution in [-0.2, 0) is 29.2 Å². The molecule has 2 unspecified atom stereocenters. The summed E-state index contributed by atoms with van der Waals surface area (Å²) >= 11 is 0. The number of methoxy groups -OCH3 is 1. The van der Waals surface area contributed by atoms with E-state index in [1.165, 1.54) is 16.7 Å². The maximum Gasteiger partial charge on any atom is 0.194 e. The Balaban J connectivity index is 0.00000272. The van der Waals surface area contributed by atoms with Gasteiger partial charge in [0.2, 0.25) is 0 Å². The second-order valence-corrected chi connectivity index (χ2v) is 7.99. The van der Waals surface area contributed by atoms with E-state index in [2.05, 4.69) is 74.7 Å². The van der Waals surface area contributed by atoms with Crippen LogP contribution in [0.3, 0.4) is 0 Å². The molecule has 2 fully saturated rings. The molecule has 2 heterocycles. The lowest BCUT2D eigenvalue weighted by molar-refractivity contribution is -0.0502. The fraction of sp³-hybridized carbons (Fsp3) is 0.458. The summed E-state index contributed by atoms with van der Waals surface area (Å²) in [6, 6.07) is 19.6. The molecule has 0 radical (unpaired) electrons. The van der Waals surface area contributed by atoms with Crippen molar-refractivity contribution >= 4 is 29.9 Å². The minimum absolute atomic E-state index is 0. The largest absolute Gasteiger partial charge is 0.380 e. The molecule has 4 rings (SSSR count). The Bertz CT molecular complexity index is 848. The van der Waals surface area contributed by atoms with Crippen molar-refractivity contribution < 1.29 is 9.47 Å². The van der Waals surface area contributed by atoms with Crippen molar-refractivity contribution in [3.63, 3.8) is 0 Å². The van der Waals surface area contributed by atoms with Crippen LogP contribution in [-0.4, -0.2) is 68.3 Å². The van der Waals surface area contributed by atoms with E-state index in [4.69, 9.17) is 9.47 Å². The van der Waals surface area contributed by atoms with Crippen LogP contribution < -0.4 is 5.32 Å². The Hall–Kier alpha value is -1.68. The van der Waals surface area contributed by atoms with E-state index >= 15 is 0 Å². The van der Waals surface area contributed by atoms with E-state index in [1.807, 2.05) is 7.05 Å². The predicted molar refractivity (Wildman–Crippen MR) is 135 cm³/mol. The molecule has 2 aromatic carbocycles. The van der Waals surface area contributed by atoms with Crippen molar-refractivity contribution in [1.82, 2.24) is 15.1 Å². The number of likely N-dealkylation sites (tertiary alicyclic amines) is 1. The fourth-order valence-corrected chi connectivity index (χ4v) is 4.45. The highest BCUT2D eigenvalue weighted by Crippen LogP contribution is 2.24. The second kappa shape index (κ2) is 11.8. The van der Waals surface area contributed by atoms with Crippen LogP contribution in [0.1, 0.15) is 16.7 Å². The molecule has 0 aliphatic carbocycles. The molecule has 31 heavy (non-hydrogen) atoms. The Labute approximate surface area is 202 Å². The third kappa shape index (κ3) is 6.19. The smallest absolute Gasteiger partial charge is 0.194 e. The van der Waals surface area contributed by atoms with E-state index < -0.39 is 0 Å². The summed E-state index contributed by atoms with van der Waals surface area (Å²) in [6.45, 7) is 5.91. The predicted octanol–water partition coefficient (Wildman–Crippen LogP) is 3.11. The van der Waals surface area contributed by atoms with Gasteiger partial charge in [0.1, 0.15) is 0 Å². The first-order valence-corrected chi connectivity index (χ1v) is 10.7. The minimum Gasteiger partial charge on any atom is -0.380 e. The number of ether oxygens (including phenoxy) is 2. The van der Waals surface area contributed by atoms with Gasteiger partial charge in [0.05, 0.1) is 25.4 Å². The minimum atomic E-state index is 0. The maximum absolute atomic E-state index is 6.12. The van der Waals surface area contributed by atoms with Crippen LogP contribution in [0.25, 0.3) is 0 Å². The van der Waals surface area contributed by atoms with E-state index in [0.29, 0.717) is 12.6 Å². The molecule has 0 amide bonds. The highest BCUT2D eigenvalue weighted by molar-refractivity contribution is 14.0. The van der Waals surface area contributed by atoms with E-state index in [0.717, 1.165) is 45.3 Å². The van der Waals surface area contributed by atoms with Crippen LogP contribution >= 0.6 is 24.0 Å². The lowest BCUT2D eigenvalue weighted by atomic mass is 10.1. The van der Waals surface area contributed by atoms with Gasteiger partial charge in [-0.25, -0.2) is 0 Å². The maximum atomic E-state index is 6.12. The number of fused-ring (bicyclic) bond motifs is 1. The van der Waals surface area contributed by atoms with Gasteiger partial charge >= 0.3 is 0 Å². The van der Waals surface area contributed by atoms with Gasteiger partial charge in [0, 0.05) is 46.9 Å². The summed E-state index contributed by atoms with van der Waals surface area (Å²) in [5.74, 6) is 0.935. The summed E-state index contributed by atoms with van der Waals surface area (Å²) in [7, 11) is 3.58. The first-order valence-electron chi connectivity index (χ1n) is 10.7. The topological polar surface area (TPSA) is 49.3 Å². The van der Waals surface area contributed by atoms with Crippen LogP contribution in [0, 0.1) is 0 Å². The van der Waals surface area contributed by atoms with Gasteiger partial charge < -0.3 is 19.7 Å². The van der Waals surface area contributed by atoms with Crippen molar-refractivity contribution in [2.75, 3.05) is 40.4 Å². The lowest BCUT2D eigenvalue weighted by Crippen LogP contribution is -2.50. The van der Waals surface area contributed by atoms with E-state index in [9.17, 15) is 0 Å². The van der Waals surface area contributed by atoms with Gasteiger partial charge in [-0.2, -0.15) is 0 Å². The number of morpholine rings is 1. The van der Waals surface area contributed by atoms with Crippen molar-refractivity contribution in [2.45, 2.75) is 31.8 Å². The molecule has 7 heteroatoms. The molecule has 2 atom stereocenters.